The van der Waals surface area contributed by atoms with Gasteiger partial charge in [0.1, 0.15) is 12.4 Å². The Kier molecular flexibility index (Phi) is 5.15. The summed E-state index contributed by atoms with van der Waals surface area (Å²) in [5.74, 6) is 6.57. The maximum absolute atomic E-state index is 11.9. The highest BCUT2D eigenvalue weighted by atomic mass is 32.1. The Labute approximate surface area is 145 Å². The van der Waals surface area contributed by atoms with E-state index < -0.39 is 0 Å². The predicted octanol–water partition coefficient (Wildman–Crippen LogP) is 4.02. The number of aryl methyl sites for hydroxylation is 1. The van der Waals surface area contributed by atoms with Gasteiger partial charge in [0.25, 0.3) is 5.91 Å². The summed E-state index contributed by atoms with van der Waals surface area (Å²) >= 11 is 1.44. The van der Waals surface area contributed by atoms with Gasteiger partial charge in [-0.05, 0) is 35.4 Å². The average molecular weight is 335 g/mol. The van der Waals surface area contributed by atoms with Crippen LogP contribution in [0.15, 0.2) is 53.9 Å². The summed E-state index contributed by atoms with van der Waals surface area (Å²) in [7, 11) is 0. The normalized spacial score (nSPS) is 10.0. The molecule has 0 aliphatic carbocycles. The third kappa shape index (κ3) is 3.95. The molecule has 3 aromatic rings. The van der Waals surface area contributed by atoms with Gasteiger partial charge in [-0.3, -0.25) is 4.79 Å². The Balaban J connectivity index is 1.50. The van der Waals surface area contributed by atoms with Gasteiger partial charge in [-0.15, -0.1) is 11.3 Å². The van der Waals surface area contributed by atoms with Crippen molar-refractivity contribution >= 4 is 28.0 Å². The van der Waals surface area contributed by atoms with Gasteiger partial charge in [-0.25, -0.2) is 0 Å². The van der Waals surface area contributed by atoms with Crippen molar-refractivity contribution < 1.29 is 9.53 Å². The van der Waals surface area contributed by atoms with E-state index >= 15 is 0 Å². The molecule has 3 rings (SSSR count). The first-order valence-electron chi connectivity index (χ1n) is 7.63. The number of carbonyl (C=O) groups is 1. The van der Waals surface area contributed by atoms with E-state index in [1.54, 1.807) is 0 Å². The van der Waals surface area contributed by atoms with Gasteiger partial charge in [-0.2, -0.15) is 0 Å². The summed E-state index contributed by atoms with van der Waals surface area (Å²) in [6.07, 6.45) is 0. The van der Waals surface area contributed by atoms with Crippen LogP contribution in [-0.2, 0) is 0 Å². The zero-order chi connectivity index (χ0) is 16.8. The van der Waals surface area contributed by atoms with Crippen LogP contribution in [0.5, 0.6) is 5.75 Å². The van der Waals surface area contributed by atoms with Gasteiger partial charge in [0.05, 0.1) is 11.4 Å². The van der Waals surface area contributed by atoms with Gasteiger partial charge >= 0.3 is 0 Å². The van der Waals surface area contributed by atoms with Crippen LogP contribution in [0.3, 0.4) is 0 Å². The third-order valence-electron chi connectivity index (χ3n) is 3.47. The molecule has 0 unspecified atom stereocenters. The molecule has 2 aromatic carbocycles. The molecule has 1 amide bonds. The number of hydrogen-bond acceptors (Lipinski definition) is 3. The lowest BCUT2D eigenvalue weighted by atomic mass is 10.1. The molecule has 1 aromatic heterocycles. The van der Waals surface area contributed by atoms with Crippen molar-refractivity contribution in [2.45, 2.75) is 6.92 Å². The SMILES string of the molecule is Cc1csc(C(=O)NCC#CCOc2cccc3ccccc23)c1. The minimum absolute atomic E-state index is 0.0858. The van der Waals surface area contributed by atoms with E-state index in [4.69, 9.17) is 4.74 Å². The summed E-state index contributed by atoms with van der Waals surface area (Å²) in [4.78, 5) is 12.6. The number of benzene rings is 2. The van der Waals surface area contributed by atoms with Gasteiger partial charge < -0.3 is 10.1 Å². The summed E-state index contributed by atoms with van der Waals surface area (Å²) in [5, 5.41) is 6.95. The molecule has 0 aliphatic heterocycles. The first-order chi connectivity index (χ1) is 11.7. The van der Waals surface area contributed by atoms with Crippen LogP contribution < -0.4 is 10.1 Å². The number of ether oxygens (including phenoxy) is 1. The third-order valence-corrected chi connectivity index (χ3v) is 4.51. The maximum Gasteiger partial charge on any atom is 0.262 e. The number of rotatable bonds is 4. The molecule has 1 heterocycles. The second-order valence-corrected chi connectivity index (χ2v) is 6.20. The summed E-state index contributed by atoms with van der Waals surface area (Å²) < 4.78 is 5.73. The maximum atomic E-state index is 11.9. The fraction of sp³-hybridized carbons (Fsp3) is 0.150. The van der Waals surface area contributed by atoms with Gasteiger partial charge in [0.15, 0.2) is 0 Å². The van der Waals surface area contributed by atoms with Gasteiger partial charge in [0.2, 0.25) is 0 Å². The monoisotopic (exact) mass is 335 g/mol. The highest BCUT2D eigenvalue weighted by Gasteiger charge is 2.05. The molecular weight excluding hydrogens is 318 g/mol. The van der Waals surface area contributed by atoms with E-state index in [0.29, 0.717) is 18.0 Å². The van der Waals surface area contributed by atoms with Crippen molar-refractivity contribution in [3.63, 3.8) is 0 Å². The number of carbonyl (C=O) groups excluding carboxylic acids is 1. The van der Waals surface area contributed by atoms with Crippen LogP contribution in [0.2, 0.25) is 0 Å². The summed E-state index contributed by atoms with van der Waals surface area (Å²) in [6, 6.07) is 15.9. The largest absolute Gasteiger partial charge is 0.480 e. The van der Waals surface area contributed by atoms with Crippen molar-refractivity contribution in [2.75, 3.05) is 13.2 Å². The highest BCUT2D eigenvalue weighted by Crippen LogP contribution is 2.24. The smallest absolute Gasteiger partial charge is 0.262 e. The number of fused-ring (bicyclic) bond motifs is 1. The Morgan fingerprint density at radius 3 is 2.83 bits per heavy atom. The highest BCUT2D eigenvalue weighted by molar-refractivity contribution is 7.12. The molecule has 4 heteroatoms. The lowest BCUT2D eigenvalue weighted by molar-refractivity contribution is 0.0962. The van der Waals surface area contributed by atoms with E-state index in [0.717, 1.165) is 22.1 Å². The number of thiophene rings is 1. The van der Waals surface area contributed by atoms with E-state index in [1.165, 1.54) is 11.3 Å². The van der Waals surface area contributed by atoms with E-state index in [1.807, 2.05) is 48.7 Å². The second kappa shape index (κ2) is 7.67. The minimum Gasteiger partial charge on any atom is -0.480 e. The van der Waals surface area contributed by atoms with Crippen LogP contribution >= 0.6 is 11.3 Å². The Bertz CT molecular complexity index is 913. The zero-order valence-corrected chi connectivity index (χ0v) is 14.2. The second-order valence-electron chi connectivity index (χ2n) is 5.29. The molecule has 0 atom stereocenters. The molecule has 1 N–H and O–H groups in total. The first-order valence-corrected chi connectivity index (χ1v) is 8.51. The van der Waals surface area contributed by atoms with E-state index in [-0.39, 0.29) is 5.91 Å². The summed E-state index contributed by atoms with van der Waals surface area (Å²) in [6.45, 7) is 2.58. The summed E-state index contributed by atoms with van der Waals surface area (Å²) in [5.41, 5.74) is 1.10. The van der Waals surface area contributed by atoms with E-state index in [2.05, 4.69) is 29.3 Å². The molecule has 0 spiro atoms. The molecular formula is C20H17NO2S. The molecule has 0 fully saturated rings. The minimum atomic E-state index is -0.0858. The Morgan fingerprint density at radius 1 is 1.17 bits per heavy atom. The Hall–Kier alpha value is -2.77. The average Bonchev–Trinajstić information content (AvgIpc) is 3.04. The molecule has 0 aliphatic rings. The van der Waals surface area contributed by atoms with Gasteiger partial charge in [-0.1, -0.05) is 48.2 Å². The van der Waals surface area contributed by atoms with Crippen molar-refractivity contribution in [3.05, 3.63) is 64.4 Å². The quantitative estimate of drug-likeness (QED) is 0.731. The standard InChI is InChI=1S/C20H17NO2S/c1-15-13-19(24-14-15)20(22)21-11-4-5-12-23-18-10-6-8-16-7-2-3-9-17(16)18/h2-3,6-10,13-14H,11-12H2,1H3,(H,21,22). The fourth-order valence-corrected chi connectivity index (χ4v) is 3.12. The Morgan fingerprint density at radius 2 is 2.00 bits per heavy atom. The molecule has 120 valence electrons. The van der Waals surface area contributed by atoms with Crippen LogP contribution in [0.1, 0.15) is 15.2 Å². The van der Waals surface area contributed by atoms with E-state index in [9.17, 15) is 4.79 Å². The molecule has 0 radical (unpaired) electrons. The molecule has 0 saturated heterocycles. The van der Waals surface area contributed by atoms with Crippen molar-refractivity contribution in [2.24, 2.45) is 0 Å². The molecule has 0 bridgehead atoms. The van der Waals surface area contributed by atoms with Crippen LogP contribution in [0, 0.1) is 18.8 Å². The van der Waals surface area contributed by atoms with Crippen LogP contribution in [0.4, 0.5) is 0 Å². The van der Waals surface area contributed by atoms with Crippen LogP contribution in [-0.4, -0.2) is 19.1 Å². The number of amides is 1. The zero-order valence-electron chi connectivity index (χ0n) is 13.3. The fourth-order valence-electron chi connectivity index (χ4n) is 2.31. The number of hydrogen-bond donors (Lipinski definition) is 1. The topological polar surface area (TPSA) is 38.3 Å². The van der Waals surface area contributed by atoms with Crippen molar-refractivity contribution in [1.29, 1.82) is 0 Å². The molecule has 3 nitrogen and oxygen atoms in total. The van der Waals surface area contributed by atoms with Crippen LogP contribution in [0.25, 0.3) is 10.8 Å². The predicted molar refractivity (Wildman–Crippen MR) is 98.6 cm³/mol. The molecule has 0 saturated carbocycles. The van der Waals surface area contributed by atoms with Crippen molar-refractivity contribution in [1.82, 2.24) is 5.32 Å². The number of nitrogens with one attached hydrogen (secondary N) is 1. The first kappa shape index (κ1) is 16.1. The van der Waals surface area contributed by atoms with Gasteiger partial charge in [0, 0.05) is 5.39 Å². The van der Waals surface area contributed by atoms with Crippen molar-refractivity contribution in [3.8, 4) is 17.6 Å². The lowest BCUT2D eigenvalue weighted by Crippen LogP contribution is -2.22. The lowest BCUT2D eigenvalue weighted by Gasteiger charge is -2.06. The molecule has 24 heavy (non-hydrogen) atoms.